The van der Waals surface area contributed by atoms with Crippen molar-refractivity contribution < 1.29 is 4.57 Å². The van der Waals surface area contributed by atoms with Crippen LogP contribution in [0.15, 0.2) is 24.5 Å². The normalized spacial score (nSPS) is 11.9. The number of fused-ring (bicyclic) bond motifs is 1. The molecule has 0 saturated carbocycles. The molecule has 0 atom stereocenters. The number of imidazole rings is 1. The maximum absolute atomic E-state index is 3.43. The fourth-order valence-electron chi connectivity index (χ4n) is 2.36. The Labute approximate surface area is 104 Å². The van der Waals surface area contributed by atoms with Crippen LogP contribution < -0.4 is 4.57 Å². The predicted molar refractivity (Wildman–Crippen MR) is 71.9 cm³/mol. The van der Waals surface area contributed by atoms with Crippen molar-refractivity contribution in [2.45, 2.75) is 40.7 Å². The lowest BCUT2D eigenvalue weighted by molar-refractivity contribution is -0.676. The molecule has 1 heterocycles. The Balaban J connectivity index is 2.41. The summed E-state index contributed by atoms with van der Waals surface area (Å²) in [6.07, 6.45) is 3.24. The van der Waals surface area contributed by atoms with E-state index in [0.717, 1.165) is 13.0 Å². The number of hydrogen-bond donors (Lipinski definition) is 1. The molecule has 2 heteroatoms. The van der Waals surface area contributed by atoms with Crippen molar-refractivity contribution in [2.24, 2.45) is 11.8 Å². The summed E-state index contributed by atoms with van der Waals surface area (Å²) in [4.78, 5) is 3.43. The quantitative estimate of drug-likeness (QED) is 0.779. The number of nitrogens with zero attached hydrogens (tertiary/aromatic N) is 1. The van der Waals surface area contributed by atoms with E-state index in [2.05, 4.69) is 61.8 Å². The summed E-state index contributed by atoms with van der Waals surface area (Å²) < 4.78 is 2.32. The van der Waals surface area contributed by atoms with E-state index in [1.807, 2.05) is 0 Å². The number of H-pyrrole nitrogens is 1. The summed E-state index contributed by atoms with van der Waals surface area (Å²) in [5.74, 6) is 1.37. The highest BCUT2D eigenvalue weighted by Gasteiger charge is 2.14. The molecule has 0 radical (unpaired) electrons. The minimum Gasteiger partial charge on any atom is -0.243 e. The Morgan fingerprint density at radius 1 is 1.12 bits per heavy atom. The van der Waals surface area contributed by atoms with E-state index in [1.54, 1.807) is 0 Å². The molecule has 0 aliphatic rings. The lowest BCUT2D eigenvalue weighted by Crippen LogP contribution is -2.34. The van der Waals surface area contributed by atoms with E-state index in [4.69, 9.17) is 0 Å². The van der Waals surface area contributed by atoms with E-state index < -0.39 is 0 Å². The molecule has 0 bridgehead atoms. The Kier molecular flexibility index (Phi) is 3.51. The molecule has 0 saturated heterocycles. The summed E-state index contributed by atoms with van der Waals surface area (Å²) in [5, 5.41) is 0. The molecule has 2 aromatic rings. The maximum atomic E-state index is 3.43. The molecule has 17 heavy (non-hydrogen) atoms. The average molecular weight is 231 g/mol. The summed E-state index contributed by atoms with van der Waals surface area (Å²) in [5.41, 5.74) is 4.07. The van der Waals surface area contributed by atoms with Crippen molar-refractivity contribution >= 4 is 11.0 Å². The SMILES string of the molecule is CC(C)Cc1cccc2c1[nH]c[n+]2CC(C)C. The Hall–Kier alpha value is -1.31. The molecular formula is C15H23N2+. The van der Waals surface area contributed by atoms with Gasteiger partial charge in [0.05, 0.1) is 6.54 Å². The highest BCUT2D eigenvalue weighted by atomic mass is 15.0. The highest BCUT2D eigenvalue weighted by Crippen LogP contribution is 2.17. The zero-order valence-corrected chi connectivity index (χ0v) is 11.3. The van der Waals surface area contributed by atoms with E-state index in [0.29, 0.717) is 11.8 Å². The molecule has 0 aliphatic heterocycles. The molecule has 0 amide bonds. The van der Waals surface area contributed by atoms with E-state index in [9.17, 15) is 0 Å². The second-order valence-electron chi connectivity index (χ2n) is 5.73. The number of aromatic nitrogens is 2. The molecular weight excluding hydrogens is 208 g/mol. The molecule has 2 nitrogen and oxygen atoms in total. The van der Waals surface area contributed by atoms with Crippen LogP contribution in [0.25, 0.3) is 11.0 Å². The molecule has 1 aromatic carbocycles. The van der Waals surface area contributed by atoms with Crippen molar-refractivity contribution in [1.82, 2.24) is 4.98 Å². The number of aromatic amines is 1. The van der Waals surface area contributed by atoms with Crippen molar-refractivity contribution in [3.8, 4) is 0 Å². The molecule has 1 aromatic heterocycles. The van der Waals surface area contributed by atoms with Gasteiger partial charge in [-0.1, -0.05) is 39.8 Å². The van der Waals surface area contributed by atoms with Crippen LogP contribution in [0.2, 0.25) is 0 Å². The Morgan fingerprint density at radius 2 is 1.88 bits per heavy atom. The summed E-state index contributed by atoms with van der Waals surface area (Å²) >= 11 is 0. The minimum atomic E-state index is 0.674. The molecule has 0 aliphatic carbocycles. The van der Waals surface area contributed by atoms with Crippen LogP contribution in [0.3, 0.4) is 0 Å². The molecule has 1 N–H and O–H groups in total. The van der Waals surface area contributed by atoms with Gasteiger partial charge in [0.1, 0.15) is 0 Å². The summed E-state index contributed by atoms with van der Waals surface area (Å²) in [6.45, 7) is 10.1. The van der Waals surface area contributed by atoms with Crippen molar-refractivity contribution in [3.05, 3.63) is 30.1 Å². The molecule has 92 valence electrons. The van der Waals surface area contributed by atoms with Crippen LogP contribution in [0.5, 0.6) is 0 Å². The number of rotatable bonds is 4. The first-order valence-electron chi connectivity index (χ1n) is 6.56. The van der Waals surface area contributed by atoms with Gasteiger partial charge in [0.15, 0.2) is 11.0 Å². The smallest absolute Gasteiger partial charge is 0.242 e. The van der Waals surface area contributed by atoms with E-state index in [-0.39, 0.29) is 0 Å². The van der Waals surface area contributed by atoms with Gasteiger partial charge >= 0.3 is 0 Å². The third-order valence-electron chi connectivity index (χ3n) is 2.99. The number of para-hydroxylation sites is 1. The highest BCUT2D eigenvalue weighted by molar-refractivity contribution is 5.75. The molecule has 0 spiro atoms. The van der Waals surface area contributed by atoms with Gasteiger partial charge in [0, 0.05) is 5.56 Å². The zero-order valence-electron chi connectivity index (χ0n) is 11.3. The van der Waals surface area contributed by atoms with Gasteiger partial charge in [-0.2, -0.15) is 0 Å². The van der Waals surface area contributed by atoms with Crippen LogP contribution in [0.4, 0.5) is 0 Å². The first-order valence-corrected chi connectivity index (χ1v) is 6.56. The van der Waals surface area contributed by atoms with Crippen LogP contribution in [-0.4, -0.2) is 4.98 Å². The largest absolute Gasteiger partial charge is 0.243 e. The van der Waals surface area contributed by atoms with Crippen LogP contribution >= 0.6 is 0 Å². The standard InChI is InChI=1S/C15H22N2/c1-11(2)8-13-6-5-7-14-15(13)16-10-17(14)9-12(3)4/h5-7,10-12H,8-9H2,1-4H3/p+1. The topological polar surface area (TPSA) is 19.7 Å². The summed E-state index contributed by atoms with van der Waals surface area (Å²) in [7, 11) is 0. The van der Waals surface area contributed by atoms with Crippen molar-refractivity contribution in [3.63, 3.8) is 0 Å². The van der Waals surface area contributed by atoms with Crippen LogP contribution in [-0.2, 0) is 13.0 Å². The fourth-order valence-corrected chi connectivity index (χ4v) is 2.36. The van der Waals surface area contributed by atoms with E-state index >= 15 is 0 Å². The van der Waals surface area contributed by atoms with Gasteiger partial charge in [-0.3, -0.25) is 0 Å². The van der Waals surface area contributed by atoms with Gasteiger partial charge in [-0.15, -0.1) is 0 Å². The third-order valence-corrected chi connectivity index (χ3v) is 2.99. The molecule has 0 fully saturated rings. The zero-order chi connectivity index (χ0) is 12.4. The van der Waals surface area contributed by atoms with Gasteiger partial charge in [-0.05, 0) is 24.3 Å². The van der Waals surface area contributed by atoms with Crippen molar-refractivity contribution in [1.29, 1.82) is 0 Å². The first-order chi connectivity index (χ1) is 8.08. The second kappa shape index (κ2) is 4.91. The maximum Gasteiger partial charge on any atom is 0.242 e. The van der Waals surface area contributed by atoms with Gasteiger partial charge in [0.2, 0.25) is 6.33 Å². The third kappa shape index (κ3) is 2.68. The number of benzene rings is 1. The summed E-state index contributed by atoms with van der Waals surface area (Å²) in [6, 6.07) is 6.61. The lowest BCUT2D eigenvalue weighted by Gasteiger charge is -2.04. The average Bonchev–Trinajstić information content (AvgIpc) is 2.61. The number of hydrogen-bond acceptors (Lipinski definition) is 0. The number of nitrogens with one attached hydrogen (secondary N) is 1. The Morgan fingerprint density at radius 3 is 2.53 bits per heavy atom. The van der Waals surface area contributed by atoms with Gasteiger partial charge in [-0.25, -0.2) is 9.55 Å². The minimum absolute atomic E-state index is 0.674. The van der Waals surface area contributed by atoms with Gasteiger partial charge in [0.25, 0.3) is 0 Å². The Bertz CT molecular complexity index is 495. The lowest BCUT2D eigenvalue weighted by atomic mass is 10.0. The van der Waals surface area contributed by atoms with Crippen LogP contribution in [0.1, 0.15) is 33.3 Å². The van der Waals surface area contributed by atoms with E-state index in [1.165, 1.54) is 16.6 Å². The molecule has 0 unspecified atom stereocenters. The second-order valence-corrected chi connectivity index (χ2v) is 5.73. The van der Waals surface area contributed by atoms with Crippen molar-refractivity contribution in [2.75, 3.05) is 0 Å². The monoisotopic (exact) mass is 231 g/mol. The van der Waals surface area contributed by atoms with Crippen LogP contribution in [0, 0.1) is 11.8 Å². The predicted octanol–water partition coefficient (Wildman–Crippen LogP) is 3.31. The fraction of sp³-hybridized carbons (Fsp3) is 0.533. The first kappa shape index (κ1) is 12.2. The molecule has 2 rings (SSSR count). The van der Waals surface area contributed by atoms with Gasteiger partial charge < -0.3 is 0 Å².